The number of hydrogen-bond acceptors (Lipinski definition) is 3. The minimum absolute atomic E-state index is 0. The molecule has 0 aromatic heterocycles. The van der Waals surface area contributed by atoms with Crippen LogP contribution in [-0.2, 0) is 4.74 Å². The van der Waals surface area contributed by atoms with Gasteiger partial charge in [0.05, 0.1) is 12.1 Å². The maximum atomic E-state index is 13.2. The van der Waals surface area contributed by atoms with Crippen LogP contribution in [0, 0.1) is 12.7 Å². The van der Waals surface area contributed by atoms with Gasteiger partial charge in [-0.3, -0.25) is 4.79 Å². The van der Waals surface area contributed by atoms with E-state index in [1.807, 2.05) is 0 Å². The highest BCUT2D eigenvalue weighted by molar-refractivity contribution is 5.95. The first-order valence-electron chi connectivity index (χ1n) is 6.85. The van der Waals surface area contributed by atoms with E-state index in [-0.39, 0.29) is 23.9 Å². The summed E-state index contributed by atoms with van der Waals surface area (Å²) in [5.41, 5.74) is 0.950. The summed E-state index contributed by atoms with van der Waals surface area (Å²) in [6.07, 6.45) is 2.03. The normalized spacial score (nSPS) is 20.9. The molecule has 21 heavy (non-hydrogen) atoms. The number of hydrogen-bond donors (Lipinski definition) is 2. The van der Waals surface area contributed by atoms with Crippen LogP contribution in [0.2, 0.25) is 0 Å². The van der Waals surface area contributed by atoms with Crippen molar-refractivity contribution in [2.24, 2.45) is 0 Å². The zero-order valence-electron chi connectivity index (χ0n) is 12.4. The number of amides is 1. The van der Waals surface area contributed by atoms with Crippen molar-refractivity contribution in [3.8, 4) is 0 Å². The number of methoxy groups -OCH3 is 1. The largest absolute Gasteiger partial charge is 0.383 e. The SMILES string of the molecule is COCC1(CNC(=O)c2cc(F)ccc2C)CCCN1.Cl. The maximum absolute atomic E-state index is 13.2. The molecule has 1 atom stereocenters. The average Bonchev–Trinajstić information content (AvgIpc) is 2.88. The molecule has 0 aliphatic carbocycles. The monoisotopic (exact) mass is 316 g/mol. The lowest BCUT2D eigenvalue weighted by Crippen LogP contribution is -2.53. The third-order valence-electron chi connectivity index (χ3n) is 3.78. The smallest absolute Gasteiger partial charge is 0.251 e. The molecule has 1 heterocycles. The topological polar surface area (TPSA) is 50.4 Å². The van der Waals surface area contributed by atoms with E-state index < -0.39 is 5.82 Å². The molecule has 0 bridgehead atoms. The molecule has 1 aliphatic heterocycles. The third-order valence-corrected chi connectivity index (χ3v) is 3.78. The molecule has 118 valence electrons. The standard InChI is InChI=1S/C15H21FN2O2.ClH/c1-11-4-5-12(16)8-13(11)14(19)17-9-15(10-20-2)6-3-7-18-15;/h4-5,8,18H,3,6-7,9-10H2,1-2H3,(H,17,19);1H. The minimum Gasteiger partial charge on any atom is -0.383 e. The number of nitrogens with one attached hydrogen (secondary N) is 2. The van der Waals surface area contributed by atoms with Crippen molar-refractivity contribution in [1.82, 2.24) is 10.6 Å². The Morgan fingerprint density at radius 1 is 1.52 bits per heavy atom. The van der Waals surface area contributed by atoms with Crippen molar-refractivity contribution in [3.63, 3.8) is 0 Å². The summed E-state index contributed by atoms with van der Waals surface area (Å²) in [6.45, 7) is 3.76. The van der Waals surface area contributed by atoms with Crippen LogP contribution in [0.25, 0.3) is 0 Å². The molecular weight excluding hydrogens is 295 g/mol. The molecule has 1 unspecified atom stereocenters. The van der Waals surface area contributed by atoms with Crippen LogP contribution in [0.1, 0.15) is 28.8 Å². The first-order chi connectivity index (χ1) is 9.56. The molecule has 0 radical (unpaired) electrons. The molecule has 1 saturated heterocycles. The third kappa shape index (κ3) is 4.40. The number of rotatable bonds is 5. The molecule has 1 aromatic carbocycles. The van der Waals surface area contributed by atoms with Gasteiger partial charge in [0.15, 0.2) is 0 Å². The Labute approximate surface area is 130 Å². The van der Waals surface area contributed by atoms with E-state index in [2.05, 4.69) is 10.6 Å². The highest BCUT2D eigenvalue weighted by atomic mass is 35.5. The quantitative estimate of drug-likeness (QED) is 0.874. The number of ether oxygens (including phenoxy) is 1. The summed E-state index contributed by atoms with van der Waals surface area (Å²) in [4.78, 5) is 12.2. The van der Waals surface area contributed by atoms with Gasteiger partial charge in [-0.05, 0) is 44.0 Å². The molecule has 1 aliphatic rings. The van der Waals surface area contributed by atoms with Gasteiger partial charge >= 0.3 is 0 Å². The average molecular weight is 317 g/mol. The Bertz CT molecular complexity index is 491. The van der Waals surface area contributed by atoms with Gasteiger partial charge in [0.1, 0.15) is 5.82 Å². The fraction of sp³-hybridized carbons (Fsp3) is 0.533. The lowest BCUT2D eigenvalue weighted by molar-refractivity contribution is 0.0891. The van der Waals surface area contributed by atoms with Gasteiger partial charge in [0.2, 0.25) is 0 Å². The van der Waals surface area contributed by atoms with E-state index >= 15 is 0 Å². The summed E-state index contributed by atoms with van der Waals surface area (Å²) in [5, 5.41) is 6.28. The molecule has 4 nitrogen and oxygen atoms in total. The Kier molecular flexibility index (Phi) is 6.58. The van der Waals surface area contributed by atoms with Gasteiger partial charge in [-0.15, -0.1) is 12.4 Å². The number of carbonyl (C=O) groups is 1. The van der Waals surface area contributed by atoms with Gasteiger partial charge in [0.25, 0.3) is 5.91 Å². The van der Waals surface area contributed by atoms with E-state index in [4.69, 9.17) is 4.74 Å². The summed E-state index contributed by atoms with van der Waals surface area (Å²) < 4.78 is 18.5. The van der Waals surface area contributed by atoms with Crippen LogP contribution in [-0.4, -0.2) is 38.3 Å². The molecule has 0 saturated carbocycles. The van der Waals surface area contributed by atoms with Crippen molar-refractivity contribution in [3.05, 3.63) is 35.1 Å². The molecule has 1 aromatic rings. The van der Waals surface area contributed by atoms with Crippen molar-refractivity contribution >= 4 is 18.3 Å². The van der Waals surface area contributed by atoms with Crippen molar-refractivity contribution in [2.75, 3.05) is 26.8 Å². The summed E-state index contributed by atoms with van der Waals surface area (Å²) in [7, 11) is 1.65. The molecule has 2 N–H and O–H groups in total. The number of carbonyl (C=O) groups excluding carboxylic acids is 1. The minimum atomic E-state index is -0.397. The highest BCUT2D eigenvalue weighted by Gasteiger charge is 2.33. The molecule has 2 rings (SSSR count). The van der Waals surface area contributed by atoms with E-state index in [1.54, 1.807) is 20.1 Å². The van der Waals surface area contributed by atoms with Gasteiger partial charge in [-0.25, -0.2) is 4.39 Å². The van der Waals surface area contributed by atoms with Gasteiger partial charge in [-0.1, -0.05) is 6.07 Å². The van der Waals surface area contributed by atoms with Gasteiger partial charge in [0, 0.05) is 19.2 Å². The van der Waals surface area contributed by atoms with Crippen LogP contribution < -0.4 is 10.6 Å². The van der Waals surface area contributed by atoms with Crippen LogP contribution in [0.4, 0.5) is 4.39 Å². The predicted octanol–water partition coefficient (Wildman–Crippen LogP) is 2.05. The highest BCUT2D eigenvalue weighted by Crippen LogP contribution is 2.19. The molecule has 1 fully saturated rings. The Balaban J connectivity index is 0.00000220. The molecular formula is C15H22ClFN2O2. The van der Waals surface area contributed by atoms with Crippen LogP contribution in [0.5, 0.6) is 0 Å². The second-order valence-corrected chi connectivity index (χ2v) is 5.39. The fourth-order valence-electron chi connectivity index (χ4n) is 2.65. The lowest BCUT2D eigenvalue weighted by atomic mass is 9.98. The number of benzene rings is 1. The van der Waals surface area contributed by atoms with E-state index in [0.717, 1.165) is 24.9 Å². The van der Waals surface area contributed by atoms with Crippen molar-refractivity contribution < 1.29 is 13.9 Å². The zero-order valence-corrected chi connectivity index (χ0v) is 13.2. The Morgan fingerprint density at radius 2 is 2.29 bits per heavy atom. The van der Waals surface area contributed by atoms with Gasteiger partial charge in [-0.2, -0.15) is 0 Å². The summed E-state index contributed by atoms with van der Waals surface area (Å²) in [5.74, 6) is -0.641. The predicted molar refractivity (Wildman–Crippen MR) is 82.6 cm³/mol. The van der Waals surface area contributed by atoms with Gasteiger partial charge < -0.3 is 15.4 Å². The molecule has 6 heteroatoms. The number of halogens is 2. The lowest BCUT2D eigenvalue weighted by Gasteiger charge is -2.29. The summed E-state index contributed by atoms with van der Waals surface area (Å²) in [6, 6.07) is 4.25. The summed E-state index contributed by atoms with van der Waals surface area (Å²) >= 11 is 0. The first-order valence-corrected chi connectivity index (χ1v) is 6.85. The van der Waals surface area contributed by atoms with Crippen LogP contribution >= 0.6 is 12.4 Å². The van der Waals surface area contributed by atoms with E-state index in [9.17, 15) is 9.18 Å². The van der Waals surface area contributed by atoms with E-state index in [0.29, 0.717) is 18.7 Å². The number of aryl methyl sites for hydroxylation is 1. The fourth-order valence-corrected chi connectivity index (χ4v) is 2.65. The zero-order chi connectivity index (χ0) is 14.6. The first kappa shape index (κ1) is 17.9. The molecule has 1 amide bonds. The van der Waals surface area contributed by atoms with Crippen molar-refractivity contribution in [1.29, 1.82) is 0 Å². The second kappa shape index (κ2) is 7.73. The van der Waals surface area contributed by atoms with Crippen LogP contribution in [0.3, 0.4) is 0 Å². The maximum Gasteiger partial charge on any atom is 0.251 e. The Morgan fingerprint density at radius 3 is 2.90 bits per heavy atom. The second-order valence-electron chi connectivity index (χ2n) is 5.39. The van der Waals surface area contributed by atoms with Crippen LogP contribution in [0.15, 0.2) is 18.2 Å². The van der Waals surface area contributed by atoms with Crippen molar-refractivity contribution in [2.45, 2.75) is 25.3 Å². The Hall–Kier alpha value is -1.17. The van der Waals surface area contributed by atoms with E-state index in [1.165, 1.54) is 12.1 Å². The molecule has 0 spiro atoms.